The monoisotopic (exact) mass is 311 g/mol. The van der Waals surface area contributed by atoms with Gasteiger partial charge in [0.25, 0.3) is 5.91 Å². The zero-order chi connectivity index (χ0) is 16.7. The van der Waals surface area contributed by atoms with Crippen molar-refractivity contribution in [3.63, 3.8) is 0 Å². The maximum absolute atomic E-state index is 11.9. The Hall–Kier alpha value is -2.36. The third-order valence-electron chi connectivity index (χ3n) is 3.80. The van der Waals surface area contributed by atoms with Crippen molar-refractivity contribution in [1.29, 1.82) is 0 Å². The number of nitrogens with zero attached hydrogens (tertiary/aromatic N) is 1. The number of nitrogens with one attached hydrogen (secondary N) is 2. The first-order valence-electron chi connectivity index (χ1n) is 8.31. The summed E-state index contributed by atoms with van der Waals surface area (Å²) in [6, 6.07) is 10.0. The van der Waals surface area contributed by atoms with E-state index >= 15 is 0 Å². The van der Waals surface area contributed by atoms with Gasteiger partial charge in [0.1, 0.15) is 5.69 Å². The lowest BCUT2D eigenvalue weighted by Gasteiger charge is -2.15. The zero-order valence-corrected chi connectivity index (χ0v) is 14.1. The molecule has 0 radical (unpaired) electrons. The second-order valence-electron chi connectivity index (χ2n) is 5.47. The predicted molar refractivity (Wildman–Crippen MR) is 95.3 cm³/mol. The van der Waals surface area contributed by atoms with Gasteiger partial charge in [-0.1, -0.05) is 39.0 Å². The molecule has 4 heteroatoms. The lowest BCUT2D eigenvalue weighted by Crippen LogP contribution is -2.24. The normalized spacial score (nSPS) is 10.4. The summed E-state index contributed by atoms with van der Waals surface area (Å²) in [5, 5.41) is 6.29. The van der Waals surface area contributed by atoms with Crippen LogP contribution in [0.15, 0.2) is 36.5 Å². The van der Waals surface area contributed by atoms with E-state index in [-0.39, 0.29) is 5.91 Å². The molecular formula is C19H25N3O. The Balaban J connectivity index is 2.17. The molecule has 0 atom stereocenters. The maximum Gasteiger partial charge on any atom is 0.269 e. The predicted octanol–water partition coefficient (Wildman–Crippen LogP) is 4.09. The Morgan fingerprint density at radius 2 is 1.74 bits per heavy atom. The highest BCUT2D eigenvalue weighted by Crippen LogP contribution is 2.26. The molecule has 23 heavy (non-hydrogen) atoms. The highest BCUT2D eigenvalue weighted by atomic mass is 16.1. The van der Waals surface area contributed by atoms with Gasteiger partial charge >= 0.3 is 0 Å². The number of rotatable bonds is 7. The molecule has 0 saturated heterocycles. The lowest BCUT2D eigenvalue weighted by molar-refractivity contribution is 0.0949. The molecule has 0 unspecified atom stereocenters. The fourth-order valence-corrected chi connectivity index (χ4v) is 2.48. The summed E-state index contributed by atoms with van der Waals surface area (Å²) in [4.78, 5) is 16.1. The summed E-state index contributed by atoms with van der Waals surface area (Å²) in [6.07, 6.45) is 4.58. The molecule has 0 aliphatic heterocycles. The molecule has 122 valence electrons. The molecule has 2 N–H and O–H groups in total. The first kappa shape index (κ1) is 17.0. The molecule has 1 heterocycles. The summed E-state index contributed by atoms with van der Waals surface area (Å²) in [5.74, 6) is -0.124. The number of benzene rings is 1. The van der Waals surface area contributed by atoms with Gasteiger partial charge < -0.3 is 10.6 Å². The summed E-state index contributed by atoms with van der Waals surface area (Å²) in [6.45, 7) is 7.00. The Morgan fingerprint density at radius 1 is 1.04 bits per heavy atom. The summed E-state index contributed by atoms with van der Waals surface area (Å²) < 4.78 is 0. The Labute approximate surface area is 138 Å². The van der Waals surface area contributed by atoms with Gasteiger partial charge in [-0.25, -0.2) is 4.98 Å². The van der Waals surface area contributed by atoms with E-state index in [4.69, 9.17) is 0 Å². The van der Waals surface area contributed by atoms with Crippen molar-refractivity contribution in [2.45, 2.75) is 40.0 Å². The number of carbonyl (C=O) groups is 1. The van der Waals surface area contributed by atoms with Crippen molar-refractivity contribution in [1.82, 2.24) is 10.3 Å². The van der Waals surface area contributed by atoms with E-state index in [1.165, 1.54) is 11.1 Å². The molecule has 1 aromatic carbocycles. The van der Waals surface area contributed by atoms with E-state index in [0.717, 1.165) is 30.6 Å². The number of aryl methyl sites for hydroxylation is 2. The van der Waals surface area contributed by atoms with E-state index < -0.39 is 0 Å². The molecular weight excluding hydrogens is 286 g/mol. The van der Waals surface area contributed by atoms with Gasteiger partial charge in [0.15, 0.2) is 0 Å². The van der Waals surface area contributed by atoms with Crippen LogP contribution in [-0.2, 0) is 12.8 Å². The fourth-order valence-electron chi connectivity index (χ4n) is 2.48. The number of hydrogen-bond acceptors (Lipinski definition) is 3. The van der Waals surface area contributed by atoms with Crippen molar-refractivity contribution >= 4 is 17.3 Å². The van der Waals surface area contributed by atoms with Gasteiger partial charge in [-0.05, 0) is 42.5 Å². The SMILES string of the molecule is CCCNC(=O)c1ccc(Nc2c(CC)cccc2CC)cn1. The van der Waals surface area contributed by atoms with Gasteiger partial charge in [-0.3, -0.25) is 4.79 Å². The van der Waals surface area contributed by atoms with Crippen molar-refractivity contribution in [2.75, 3.05) is 11.9 Å². The van der Waals surface area contributed by atoms with E-state index in [9.17, 15) is 4.79 Å². The molecule has 2 aromatic rings. The summed E-state index contributed by atoms with van der Waals surface area (Å²) in [7, 11) is 0. The van der Waals surface area contributed by atoms with Gasteiger partial charge in [-0.15, -0.1) is 0 Å². The number of amides is 1. The highest BCUT2D eigenvalue weighted by Gasteiger charge is 2.09. The lowest BCUT2D eigenvalue weighted by atomic mass is 10.0. The summed E-state index contributed by atoms with van der Waals surface area (Å²) >= 11 is 0. The molecule has 2 rings (SSSR count). The van der Waals surface area contributed by atoms with Crippen LogP contribution in [0.5, 0.6) is 0 Å². The minimum Gasteiger partial charge on any atom is -0.354 e. The first-order valence-corrected chi connectivity index (χ1v) is 8.31. The Bertz CT molecular complexity index is 628. The van der Waals surface area contributed by atoms with Crippen molar-refractivity contribution in [3.8, 4) is 0 Å². The Kier molecular flexibility index (Phi) is 6.15. The molecule has 0 fully saturated rings. The molecule has 0 saturated carbocycles. The van der Waals surface area contributed by atoms with Crippen molar-refractivity contribution in [3.05, 3.63) is 53.3 Å². The van der Waals surface area contributed by atoms with Crippen LogP contribution >= 0.6 is 0 Å². The van der Waals surface area contributed by atoms with Crippen LogP contribution in [0.25, 0.3) is 0 Å². The average Bonchev–Trinajstić information content (AvgIpc) is 2.60. The average molecular weight is 311 g/mol. The van der Waals surface area contributed by atoms with Crippen LogP contribution in [0.1, 0.15) is 48.8 Å². The van der Waals surface area contributed by atoms with E-state index in [0.29, 0.717) is 12.2 Å². The number of pyridine rings is 1. The number of aromatic nitrogens is 1. The number of carbonyl (C=O) groups excluding carboxylic acids is 1. The van der Waals surface area contributed by atoms with Gasteiger partial charge in [0, 0.05) is 12.2 Å². The minimum atomic E-state index is -0.124. The standard InChI is InChI=1S/C19H25N3O/c1-4-12-20-19(23)17-11-10-16(13-21-17)22-18-14(5-2)8-7-9-15(18)6-3/h7-11,13,22H,4-6,12H2,1-3H3,(H,20,23). The minimum absolute atomic E-state index is 0.124. The van der Waals surface area contributed by atoms with Crippen LogP contribution in [-0.4, -0.2) is 17.4 Å². The van der Waals surface area contributed by atoms with Crippen LogP contribution < -0.4 is 10.6 Å². The van der Waals surface area contributed by atoms with Gasteiger partial charge in [0.2, 0.25) is 0 Å². The smallest absolute Gasteiger partial charge is 0.269 e. The van der Waals surface area contributed by atoms with E-state index in [2.05, 4.69) is 47.7 Å². The largest absolute Gasteiger partial charge is 0.354 e. The third-order valence-corrected chi connectivity index (χ3v) is 3.80. The zero-order valence-electron chi connectivity index (χ0n) is 14.1. The molecule has 4 nitrogen and oxygen atoms in total. The van der Waals surface area contributed by atoms with Crippen LogP contribution in [0.2, 0.25) is 0 Å². The maximum atomic E-state index is 11.9. The molecule has 1 amide bonds. The topological polar surface area (TPSA) is 54.0 Å². The molecule has 1 aromatic heterocycles. The number of hydrogen-bond donors (Lipinski definition) is 2. The van der Waals surface area contributed by atoms with Crippen molar-refractivity contribution in [2.24, 2.45) is 0 Å². The Morgan fingerprint density at radius 3 is 2.26 bits per heavy atom. The van der Waals surface area contributed by atoms with E-state index in [1.807, 2.05) is 13.0 Å². The van der Waals surface area contributed by atoms with Crippen LogP contribution in [0.4, 0.5) is 11.4 Å². The van der Waals surface area contributed by atoms with Crippen molar-refractivity contribution < 1.29 is 4.79 Å². The molecule has 0 aliphatic carbocycles. The van der Waals surface area contributed by atoms with Gasteiger partial charge in [-0.2, -0.15) is 0 Å². The van der Waals surface area contributed by atoms with Crippen LogP contribution in [0.3, 0.4) is 0 Å². The van der Waals surface area contributed by atoms with Gasteiger partial charge in [0.05, 0.1) is 11.9 Å². The second kappa shape index (κ2) is 8.32. The van der Waals surface area contributed by atoms with E-state index in [1.54, 1.807) is 12.3 Å². The second-order valence-corrected chi connectivity index (χ2v) is 5.47. The quantitative estimate of drug-likeness (QED) is 0.810. The summed E-state index contributed by atoms with van der Waals surface area (Å²) in [5.41, 5.74) is 5.07. The fraction of sp³-hybridized carbons (Fsp3) is 0.368. The number of anilines is 2. The molecule has 0 bridgehead atoms. The van der Waals surface area contributed by atoms with Crippen LogP contribution in [0, 0.1) is 0 Å². The first-order chi connectivity index (χ1) is 11.2. The molecule has 0 aliphatic rings. The third kappa shape index (κ3) is 4.31. The molecule has 0 spiro atoms. The number of para-hydroxylation sites is 1. The highest BCUT2D eigenvalue weighted by molar-refractivity contribution is 5.92.